The molecule has 41 heavy (non-hydrogen) atoms. The molecule has 1 saturated heterocycles. The summed E-state index contributed by atoms with van der Waals surface area (Å²) in [6.07, 6.45) is 4.08. The second kappa shape index (κ2) is 11.2. The number of hydrogen-bond acceptors (Lipinski definition) is 10. The van der Waals surface area contributed by atoms with E-state index in [9.17, 15) is 4.79 Å². The Morgan fingerprint density at radius 2 is 1.93 bits per heavy atom. The maximum absolute atomic E-state index is 15.2. The second-order valence-electron chi connectivity index (χ2n) is 9.05. The minimum atomic E-state index is -0.533. The van der Waals surface area contributed by atoms with Crippen molar-refractivity contribution in [1.29, 1.82) is 0 Å². The summed E-state index contributed by atoms with van der Waals surface area (Å²) in [5.41, 5.74) is 3.92. The number of carbonyl (C=O) groups excluding carboxylic acids is 1. The van der Waals surface area contributed by atoms with Crippen LogP contribution < -0.4 is 19.5 Å². The van der Waals surface area contributed by atoms with Crippen molar-refractivity contribution in [3.05, 3.63) is 84.4 Å². The van der Waals surface area contributed by atoms with Crippen LogP contribution in [-0.2, 0) is 4.79 Å². The quantitative estimate of drug-likeness (QED) is 0.226. The molecule has 10 nitrogen and oxygen atoms in total. The molecule has 0 saturated carbocycles. The number of fused-ring (bicyclic) bond motifs is 1. The number of amides is 1. The lowest BCUT2D eigenvalue weighted by molar-refractivity contribution is -0.134. The monoisotopic (exact) mass is 570 g/mol. The molecule has 6 rings (SSSR count). The van der Waals surface area contributed by atoms with Crippen LogP contribution in [0.4, 0.5) is 15.9 Å². The molecule has 1 N–H and O–H groups in total. The maximum atomic E-state index is 15.2. The lowest BCUT2D eigenvalue weighted by Gasteiger charge is -2.38. The minimum absolute atomic E-state index is 0.144. The number of aromatic nitrogens is 4. The molecule has 5 aromatic rings. The van der Waals surface area contributed by atoms with Crippen molar-refractivity contribution in [3.63, 3.8) is 0 Å². The van der Waals surface area contributed by atoms with Crippen molar-refractivity contribution in [2.45, 2.75) is 6.10 Å². The normalized spacial score (nSPS) is 13.0. The van der Waals surface area contributed by atoms with Gasteiger partial charge in [-0.15, -0.1) is 11.3 Å². The zero-order chi connectivity index (χ0) is 28.3. The largest absolute Gasteiger partial charge is 0.493 e. The van der Waals surface area contributed by atoms with E-state index in [4.69, 9.17) is 14.2 Å². The zero-order valence-corrected chi connectivity index (χ0v) is 22.6. The summed E-state index contributed by atoms with van der Waals surface area (Å²) in [5, 5.41) is 5.55. The standard InChI is InChI=1S/C29H23FN6O4S/c1-3-28(37)36-12-19(13-36)40-27-10-20-23(11-26(27)38-2)32-15-33-29(20)35-22-5-4-17(8-21(22)30)39-18-6-7-31-24(9-18)25-14-41-16-34-25/h3-11,14-16,19H,1,12-13H2,2H3,(H,32,33,35). The van der Waals surface area contributed by atoms with Gasteiger partial charge in [0, 0.05) is 35.2 Å². The summed E-state index contributed by atoms with van der Waals surface area (Å²) in [6.45, 7) is 4.39. The smallest absolute Gasteiger partial charge is 0.246 e. The van der Waals surface area contributed by atoms with Crippen LogP contribution in [0.3, 0.4) is 0 Å². The van der Waals surface area contributed by atoms with Crippen LogP contribution in [0, 0.1) is 5.82 Å². The molecule has 12 heteroatoms. The van der Waals surface area contributed by atoms with E-state index >= 15 is 4.39 Å². The summed E-state index contributed by atoms with van der Waals surface area (Å²) >= 11 is 1.47. The highest BCUT2D eigenvalue weighted by Crippen LogP contribution is 2.37. The molecule has 0 radical (unpaired) electrons. The van der Waals surface area contributed by atoms with Gasteiger partial charge in [0.2, 0.25) is 5.91 Å². The Kier molecular flexibility index (Phi) is 7.13. The number of ether oxygens (including phenoxy) is 3. The highest BCUT2D eigenvalue weighted by Gasteiger charge is 2.31. The number of thiazole rings is 1. The lowest BCUT2D eigenvalue weighted by atomic mass is 10.1. The van der Waals surface area contributed by atoms with Gasteiger partial charge in [-0.1, -0.05) is 6.58 Å². The summed E-state index contributed by atoms with van der Waals surface area (Å²) < 4.78 is 32.7. The van der Waals surface area contributed by atoms with Crippen LogP contribution in [0.25, 0.3) is 22.3 Å². The molecule has 1 aliphatic rings. The second-order valence-corrected chi connectivity index (χ2v) is 9.77. The van der Waals surface area contributed by atoms with Crippen LogP contribution in [0.5, 0.6) is 23.0 Å². The van der Waals surface area contributed by atoms with Crippen molar-refractivity contribution in [2.24, 2.45) is 0 Å². The number of nitrogens with zero attached hydrogens (tertiary/aromatic N) is 5. The average molecular weight is 571 g/mol. The molecule has 0 bridgehead atoms. The summed E-state index contributed by atoms with van der Waals surface area (Å²) in [5.74, 6) is 1.48. The van der Waals surface area contributed by atoms with E-state index in [-0.39, 0.29) is 17.7 Å². The number of rotatable bonds is 9. The van der Waals surface area contributed by atoms with Gasteiger partial charge in [-0.3, -0.25) is 9.78 Å². The van der Waals surface area contributed by atoms with E-state index in [2.05, 4.69) is 31.8 Å². The van der Waals surface area contributed by atoms with Crippen molar-refractivity contribution in [3.8, 4) is 34.4 Å². The molecule has 0 spiro atoms. The lowest BCUT2D eigenvalue weighted by Crippen LogP contribution is -2.55. The van der Waals surface area contributed by atoms with E-state index in [1.165, 1.54) is 36.9 Å². The van der Waals surface area contributed by atoms with Gasteiger partial charge < -0.3 is 24.4 Å². The van der Waals surface area contributed by atoms with Crippen LogP contribution >= 0.6 is 11.3 Å². The van der Waals surface area contributed by atoms with Crippen molar-refractivity contribution < 1.29 is 23.4 Å². The Hall–Kier alpha value is -5.10. The highest BCUT2D eigenvalue weighted by atomic mass is 32.1. The molecule has 0 atom stereocenters. The predicted molar refractivity (Wildman–Crippen MR) is 152 cm³/mol. The molecule has 1 aliphatic heterocycles. The van der Waals surface area contributed by atoms with Crippen LogP contribution in [0.1, 0.15) is 0 Å². The van der Waals surface area contributed by atoms with Gasteiger partial charge in [-0.05, 0) is 30.3 Å². The first-order chi connectivity index (χ1) is 20.0. The third-order valence-corrected chi connectivity index (χ3v) is 6.99. The molecular formula is C29H23FN6O4S. The fourth-order valence-corrected chi connectivity index (χ4v) is 4.84. The van der Waals surface area contributed by atoms with Crippen LogP contribution in [-0.4, -0.2) is 57.0 Å². The fraction of sp³-hybridized carbons (Fsp3) is 0.138. The number of anilines is 2. The highest BCUT2D eigenvalue weighted by molar-refractivity contribution is 7.07. The third kappa shape index (κ3) is 5.50. The van der Waals surface area contributed by atoms with Crippen LogP contribution in [0.15, 0.2) is 78.5 Å². The van der Waals surface area contributed by atoms with E-state index in [1.54, 1.807) is 53.0 Å². The first-order valence-corrected chi connectivity index (χ1v) is 13.4. The summed E-state index contributed by atoms with van der Waals surface area (Å²) in [4.78, 5) is 30.6. The first kappa shape index (κ1) is 26.1. The topological polar surface area (TPSA) is 112 Å². The predicted octanol–water partition coefficient (Wildman–Crippen LogP) is 5.61. The van der Waals surface area contributed by atoms with Gasteiger partial charge in [0.15, 0.2) is 11.5 Å². The summed E-state index contributed by atoms with van der Waals surface area (Å²) in [6, 6.07) is 11.4. The van der Waals surface area contributed by atoms with Gasteiger partial charge in [-0.25, -0.2) is 19.3 Å². The van der Waals surface area contributed by atoms with Gasteiger partial charge in [0.25, 0.3) is 0 Å². The first-order valence-electron chi connectivity index (χ1n) is 12.5. The fourth-order valence-electron chi connectivity index (χ4n) is 4.29. The maximum Gasteiger partial charge on any atom is 0.246 e. The van der Waals surface area contributed by atoms with Gasteiger partial charge in [0.1, 0.15) is 35.6 Å². The van der Waals surface area contributed by atoms with Crippen molar-refractivity contribution in [2.75, 3.05) is 25.5 Å². The number of hydrogen-bond donors (Lipinski definition) is 1. The third-order valence-electron chi connectivity index (χ3n) is 6.40. The molecule has 206 valence electrons. The number of likely N-dealkylation sites (tertiary alicyclic amines) is 1. The Morgan fingerprint density at radius 3 is 2.68 bits per heavy atom. The molecule has 1 fully saturated rings. The molecule has 0 unspecified atom stereocenters. The molecule has 2 aromatic carbocycles. The molecule has 0 aliphatic carbocycles. The van der Waals surface area contributed by atoms with E-state index in [0.717, 1.165) is 5.69 Å². The van der Waals surface area contributed by atoms with E-state index in [0.29, 0.717) is 58.5 Å². The number of benzene rings is 2. The van der Waals surface area contributed by atoms with Crippen molar-refractivity contribution in [1.82, 2.24) is 24.8 Å². The average Bonchev–Trinajstić information content (AvgIpc) is 3.51. The molecule has 3 aromatic heterocycles. The molecular weight excluding hydrogens is 547 g/mol. The Bertz CT molecular complexity index is 1740. The SMILES string of the molecule is C=CC(=O)N1CC(Oc2cc3c(Nc4ccc(Oc5ccnc(-c6cscn6)c5)cc4F)ncnc3cc2OC)C1. The number of halogens is 1. The Labute approximate surface area is 238 Å². The number of carbonyl (C=O) groups is 1. The van der Waals surface area contributed by atoms with E-state index < -0.39 is 5.82 Å². The zero-order valence-electron chi connectivity index (χ0n) is 21.8. The van der Waals surface area contributed by atoms with Crippen LogP contribution in [0.2, 0.25) is 0 Å². The minimum Gasteiger partial charge on any atom is -0.493 e. The molecule has 1 amide bonds. The van der Waals surface area contributed by atoms with E-state index in [1.807, 2.05) is 5.38 Å². The molecule has 4 heterocycles. The van der Waals surface area contributed by atoms with Crippen molar-refractivity contribution >= 4 is 39.7 Å². The Morgan fingerprint density at radius 1 is 1.07 bits per heavy atom. The van der Waals surface area contributed by atoms with Gasteiger partial charge in [-0.2, -0.15) is 0 Å². The Balaban J connectivity index is 1.21. The number of methoxy groups -OCH3 is 1. The summed E-state index contributed by atoms with van der Waals surface area (Å²) in [7, 11) is 1.54. The van der Waals surface area contributed by atoms with Gasteiger partial charge >= 0.3 is 0 Å². The number of pyridine rings is 1. The number of nitrogens with one attached hydrogen (secondary N) is 1. The van der Waals surface area contributed by atoms with Gasteiger partial charge in [0.05, 0.1) is 48.3 Å².